The first-order chi connectivity index (χ1) is 11.1. The van der Waals surface area contributed by atoms with Crippen LogP contribution in [0.1, 0.15) is 16.8 Å². The number of rotatable bonds is 3. The molecule has 2 aromatic carbocycles. The molecular formula is C19H17N3O. The van der Waals surface area contributed by atoms with Crippen LogP contribution in [0.5, 0.6) is 5.75 Å². The quantitative estimate of drug-likeness (QED) is 0.734. The minimum Gasteiger partial charge on any atom is -0.496 e. The van der Waals surface area contributed by atoms with Crippen LogP contribution < -0.4 is 4.74 Å². The molecule has 0 N–H and O–H groups in total. The molecule has 0 saturated carbocycles. The largest absolute Gasteiger partial charge is 0.496 e. The predicted octanol–water partition coefficient (Wildman–Crippen LogP) is 4.04. The normalized spacial score (nSPS) is 10.3. The van der Waals surface area contributed by atoms with Crippen molar-refractivity contribution in [2.24, 2.45) is 0 Å². The maximum absolute atomic E-state index is 9.25. The van der Waals surface area contributed by atoms with Gasteiger partial charge >= 0.3 is 0 Å². The fourth-order valence-corrected chi connectivity index (χ4v) is 2.81. The summed E-state index contributed by atoms with van der Waals surface area (Å²) in [6.07, 6.45) is 0. The van der Waals surface area contributed by atoms with E-state index in [0.717, 1.165) is 33.8 Å². The van der Waals surface area contributed by atoms with E-state index in [1.54, 1.807) is 17.9 Å². The second-order valence-electron chi connectivity index (χ2n) is 5.44. The number of methoxy groups -OCH3 is 1. The van der Waals surface area contributed by atoms with Gasteiger partial charge in [0.05, 0.1) is 18.5 Å². The third kappa shape index (κ3) is 2.69. The lowest BCUT2D eigenvalue weighted by atomic mass is 10.0. The highest BCUT2D eigenvalue weighted by Crippen LogP contribution is 2.35. The molecule has 0 bridgehead atoms. The van der Waals surface area contributed by atoms with E-state index in [4.69, 9.17) is 4.74 Å². The zero-order valence-corrected chi connectivity index (χ0v) is 13.4. The van der Waals surface area contributed by atoms with Gasteiger partial charge < -0.3 is 4.74 Å². The third-order valence-corrected chi connectivity index (χ3v) is 3.72. The van der Waals surface area contributed by atoms with Crippen molar-refractivity contribution in [2.45, 2.75) is 13.8 Å². The van der Waals surface area contributed by atoms with Gasteiger partial charge in [0.2, 0.25) is 0 Å². The van der Waals surface area contributed by atoms with Gasteiger partial charge in [-0.2, -0.15) is 10.4 Å². The van der Waals surface area contributed by atoms with E-state index < -0.39 is 0 Å². The maximum atomic E-state index is 9.25. The van der Waals surface area contributed by atoms with E-state index in [-0.39, 0.29) is 0 Å². The molecule has 0 atom stereocenters. The molecule has 0 aliphatic carbocycles. The Labute approximate surface area is 135 Å². The van der Waals surface area contributed by atoms with Crippen molar-refractivity contribution in [3.8, 4) is 28.8 Å². The second-order valence-corrected chi connectivity index (χ2v) is 5.44. The summed E-state index contributed by atoms with van der Waals surface area (Å²) in [4.78, 5) is 0. The van der Waals surface area contributed by atoms with Crippen molar-refractivity contribution in [2.75, 3.05) is 7.11 Å². The van der Waals surface area contributed by atoms with E-state index >= 15 is 0 Å². The van der Waals surface area contributed by atoms with Crippen LogP contribution >= 0.6 is 0 Å². The summed E-state index contributed by atoms with van der Waals surface area (Å²) in [5.74, 6) is 0.803. The lowest BCUT2D eigenvalue weighted by Crippen LogP contribution is -2.01. The molecule has 0 saturated heterocycles. The van der Waals surface area contributed by atoms with Gasteiger partial charge in [-0.05, 0) is 43.2 Å². The number of hydrogen-bond donors (Lipinski definition) is 0. The molecule has 0 aliphatic heterocycles. The molecule has 0 unspecified atom stereocenters. The minimum atomic E-state index is 0.380. The average molecular weight is 303 g/mol. The average Bonchev–Trinajstić information content (AvgIpc) is 2.99. The first-order valence-electron chi connectivity index (χ1n) is 7.35. The summed E-state index contributed by atoms with van der Waals surface area (Å²) >= 11 is 0. The molecular weight excluding hydrogens is 286 g/mol. The number of nitriles is 1. The lowest BCUT2D eigenvalue weighted by molar-refractivity contribution is 0.413. The van der Waals surface area contributed by atoms with E-state index in [1.165, 1.54) is 0 Å². The molecule has 1 heterocycles. The highest BCUT2D eigenvalue weighted by molar-refractivity contribution is 5.72. The summed E-state index contributed by atoms with van der Waals surface area (Å²) < 4.78 is 7.38. The topological polar surface area (TPSA) is 50.8 Å². The second kappa shape index (κ2) is 5.98. The third-order valence-electron chi connectivity index (χ3n) is 3.72. The van der Waals surface area contributed by atoms with Crippen molar-refractivity contribution in [1.82, 2.24) is 9.78 Å². The van der Waals surface area contributed by atoms with Crippen LogP contribution in [0.15, 0.2) is 48.5 Å². The van der Waals surface area contributed by atoms with E-state index in [9.17, 15) is 5.26 Å². The number of hydrogen-bond acceptors (Lipinski definition) is 3. The van der Waals surface area contributed by atoms with Gasteiger partial charge in [0.25, 0.3) is 0 Å². The fraction of sp³-hybridized carbons (Fsp3) is 0.158. The Morgan fingerprint density at radius 1 is 1.09 bits per heavy atom. The SMILES string of the molecule is COc1c(C)cc(C)cc1-c1cc(C#N)nn1-c1ccccc1. The number of nitrogens with zero attached hydrogens (tertiary/aromatic N) is 3. The van der Waals surface area contributed by atoms with Crippen molar-refractivity contribution >= 4 is 0 Å². The molecule has 0 amide bonds. The van der Waals surface area contributed by atoms with Crippen molar-refractivity contribution in [3.05, 3.63) is 65.4 Å². The molecule has 0 fully saturated rings. The van der Waals surface area contributed by atoms with Crippen LogP contribution in [-0.2, 0) is 0 Å². The summed E-state index contributed by atoms with van der Waals surface area (Å²) in [7, 11) is 1.66. The number of benzene rings is 2. The number of para-hydroxylation sites is 1. The van der Waals surface area contributed by atoms with Gasteiger partial charge in [-0.15, -0.1) is 0 Å². The first-order valence-corrected chi connectivity index (χ1v) is 7.35. The van der Waals surface area contributed by atoms with E-state index in [0.29, 0.717) is 5.69 Å². The number of aromatic nitrogens is 2. The smallest absolute Gasteiger partial charge is 0.163 e. The Bertz CT molecular complexity index is 889. The van der Waals surface area contributed by atoms with Crippen molar-refractivity contribution in [3.63, 3.8) is 0 Å². The zero-order valence-electron chi connectivity index (χ0n) is 13.4. The molecule has 3 aromatic rings. The molecule has 4 heteroatoms. The van der Waals surface area contributed by atoms with Crippen molar-refractivity contribution in [1.29, 1.82) is 5.26 Å². The van der Waals surface area contributed by atoms with Crippen LogP contribution in [0.25, 0.3) is 16.9 Å². The summed E-state index contributed by atoms with van der Waals surface area (Å²) in [6, 6.07) is 17.8. The Kier molecular flexibility index (Phi) is 3.86. The predicted molar refractivity (Wildman–Crippen MR) is 89.7 cm³/mol. The van der Waals surface area contributed by atoms with Crippen LogP contribution in [0, 0.1) is 25.2 Å². The zero-order chi connectivity index (χ0) is 16.4. The Balaban J connectivity index is 2.30. The van der Waals surface area contributed by atoms with Crippen molar-refractivity contribution < 1.29 is 4.74 Å². The molecule has 114 valence electrons. The van der Waals surface area contributed by atoms with Gasteiger partial charge in [-0.1, -0.05) is 24.3 Å². The molecule has 0 aliphatic rings. The van der Waals surface area contributed by atoms with Crippen LogP contribution in [0.3, 0.4) is 0 Å². The van der Waals surface area contributed by atoms with E-state index in [2.05, 4.69) is 23.3 Å². The highest BCUT2D eigenvalue weighted by atomic mass is 16.5. The van der Waals surface area contributed by atoms with E-state index in [1.807, 2.05) is 44.2 Å². The molecule has 4 nitrogen and oxygen atoms in total. The molecule has 1 aromatic heterocycles. The Morgan fingerprint density at radius 2 is 1.83 bits per heavy atom. The van der Waals surface area contributed by atoms with Gasteiger partial charge in [0.1, 0.15) is 11.8 Å². The Hall–Kier alpha value is -3.06. The monoisotopic (exact) mass is 303 g/mol. The highest BCUT2D eigenvalue weighted by Gasteiger charge is 2.17. The van der Waals surface area contributed by atoms with Crippen LogP contribution in [-0.4, -0.2) is 16.9 Å². The summed E-state index contributed by atoms with van der Waals surface area (Å²) in [5.41, 5.74) is 5.26. The van der Waals surface area contributed by atoms with Gasteiger partial charge in [0, 0.05) is 11.6 Å². The Morgan fingerprint density at radius 3 is 2.48 bits per heavy atom. The molecule has 0 radical (unpaired) electrons. The first kappa shape index (κ1) is 14.9. The van der Waals surface area contributed by atoms with Crippen LogP contribution in [0.4, 0.5) is 0 Å². The summed E-state index contributed by atoms with van der Waals surface area (Å²) in [6.45, 7) is 4.06. The van der Waals surface area contributed by atoms with Gasteiger partial charge in [-0.3, -0.25) is 0 Å². The number of ether oxygens (including phenoxy) is 1. The van der Waals surface area contributed by atoms with Crippen LogP contribution in [0.2, 0.25) is 0 Å². The molecule has 0 spiro atoms. The van der Waals surface area contributed by atoms with Gasteiger partial charge in [0.15, 0.2) is 5.69 Å². The molecule has 3 rings (SSSR count). The lowest BCUT2D eigenvalue weighted by Gasteiger charge is -2.14. The molecule has 23 heavy (non-hydrogen) atoms. The minimum absolute atomic E-state index is 0.380. The fourth-order valence-electron chi connectivity index (χ4n) is 2.81. The summed E-state index contributed by atoms with van der Waals surface area (Å²) in [5, 5.41) is 13.7. The number of aryl methyl sites for hydroxylation is 2. The van der Waals surface area contributed by atoms with Gasteiger partial charge in [-0.25, -0.2) is 4.68 Å². The maximum Gasteiger partial charge on any atom is 0.163 e. The standard InChI is InChI=1S/C19H17N3O/c1-13-9-14(2)19(23-3)17(10-13)18-11-15(12-20)21-22(18)16-7-5-4-6-8-16/h4-11H,1-3H3.